The third kappa shape index (κ3) is 3.04. The van der Waals surface area contributed by atoms with Crippen molar-refractivity contribution in [3.8, 4) is 0 Å². The molecule has 2 rings (SSSR count). The molecule has 5 nitrogen and oxygen atoms in total. The van der Waals surface area contributed by atoms with Crippen molar-refractivity contribution in [2.45, 2.75) is 12.5 Å². The van der Waals surface area contributed by atoms with E-state index in [1.54, 1.807) is 12.1 Å². The molecular formula is C12H14FN3O2. The van der Waals surface area contributed by atoms with Crippen LogP contribution in [0.3, 0.4) is 0 Å². The van der Waals surface area contributed by atoms with E-state index in [4.69, 9.17) is 0 Å². The molecule has 1 aromatic carbocycles. The highest BCUT2D eigenvalue weighted by Crippen LogP contribution is 2.13. The highest BCUT2D eigenvalue weighted by atomic mass is 19.1. The molecular weight excluding hydrogens is 237 g/mol. The van der Waals surface area contributed by atoms with E-state index in [1.165, 1.54) is 12.1 Å². The fourth-order valence-corrected chi connectivity index (χ4v) is 1.76. The van der Waals surface area contributed by atoms with Gasteiger partial charge in [0.2, 0.25) is 11.8 Å². The zero-order chi connectivity index (χ0) is 13.0. The van der Waals surface area contributed by atoms with Crippen LogP contribution in [0.15, 0.2) is 24.3 Å². The first-order valence-corrected chi connectivity index (χ1v) is 5.72. The summed E-state index contributed by atoms with van der Waals surface area (Å²) in [5.41, 5.74) is 0.124. The maximum atomic E-state index is 13.3. The number of piperazine rings is 1. The molecule has 18 heavy (non-hydrogen) atoms. The number of amides is 2. The van der Waals surface area contributed by atoms with Crippen LogP contribution in [-0.2, 0) is 9.59 Å². The third-order valence-electron chi connectivity index (χ3n) is 2.67. The predicted octanol–water partition coefficient (Wildman–Crippen LogP) is 0.242. The monoisotopic (exact) mass is 251 g/mol. The molecule has 0 spiro atoms. The first kappa shape index (κ1) is 12.5. The molecule has 6 heteroatoms. The van der Waals surface area contributed by atoms with Crippen LogP contribution in [0.2, 0.25) is 0 Å². The van der Waals surface area contributed by atoms with E-state index in [0.717, 1.165) is 0 Å². The minimum Gasteiger partial charge on any atom is -0.353 e. The first-order chi connectivity index (χ1) is 8.66. The molecule has 1 fully saturated rings. The van der Waals surface area contributed by atoms with Crippen LogP contribution in [0.5, 0.6) is 0 Å². The topological polar surface area (TPSA) is 70.2 Å². The molecule has 0 aliphatic carbocycles. The molecule has 3 N–H and O–H groups in total. The summed E-state index contributed by atoms with van der Waals surface area (Å²) in [5.74, 6) is -1.09. The summed E-state index contributed by atoms with van der Waals surface area (Å²) in [6.45, 7) is 1.19. The molecule has 1 aromatic rings. The number of anilines is 1. The molecule has 1 atom stereocenters. The van der Waals surface area contributed by atoms with E-state index >= 15 is 0 Å². The van der Waals surface area contributed by atoms with Crippen LogP contribution in [0.25, 0.3) is 0 Å². The number of benzene rings is 1. The summed E-state index contributed by atoms with van der Waals surface area (Å²) in [4.78, 5) is 23.1. The maximum absolute atomic E-state index is 13.3. The van der Waals surface area contributed by atoms with Gasteiger partial charge in [-0.15, -0.1) is 0 Å². The van der Waals surface area contributed by atoms with Gasteiger partial charge in [0.05, 0.1) is 18.2 Å². The zero-order valence-corrected chi connectivity index (χ0v) is 9.70. The number of hydrogen-bond acceptors (Lipinski definition) is 3. The molecule has 2 amide bonds. The first-order valence-electron chi connectivity index (χ1n) is 5.72. The number of halogens is 1. The Labute approximate surface area is 104 Å². The van der Waals surface area contributed by atoms with Crippen molar-refractivity contribution in [1.82, 2.24) is 10.6 Å². The number of nitrogens with one attached hydrogen (secondary N) is 3. The largest absolute Gasteiger partial charge is 0.353 e. The van der Waals surface area contributed by atoms with Gasteiger partial charge in [0.25, 0.3) is 0 Å². The fourth-order valence-electron chi connectivity index (χ4n) is 1.76. The Bertz CT molecular complexity index is 464. The minimum atomic E-state index is -0.550. The van der Waals surface area contributed by atoms with E-state index < -0.39 is 17.8 Å². The van der Waals surface area contributed by atoms with Gasteiger partial charge in [-0.2, -0.15) is 0 Å². The highest BCUT2D eigenvalue weighted by Gasteiger charge is 2.24. The number of rotatable bonds is 3. The third-order valence-corrected chi connectivity index (χ3v) is 2.67. The van der Waals surface area contributed by atoms with Gasteiger partial charge in [-0.1, -0.05) is 12.1 Å². The Kier molecular flexibility index (Phi) is 3.88. The lowest BCUT2D eigenvalue weighted by atomic mass is 10.1. The smallest absolute Gasteiger partial charge is 0.237 e. The number of carbonyl (C=O) groups excluding carboxylic acids is 2. The van der Waals surface area contributed by atoms with E-state index in [2.05, 4.69) is 16.0 Å². The zero-order valence-electron chi connectivity index (χ0n) is 9.70. The van der Waals surface area contributed by atoms with Crippen LogP contribution < -0.4 is 16.0 Å². The SMILES string of the molecule is O=C(C[C@@H]1NCCNC1=O)Nc1ccccc1F. The van der Waals surface area contributed by atoms with Gasteiger partial charge in [0.1, 0.15) is 5.82 Å². The van der Waals surface area contributed by atoms with Crippen molar-refractivity contribution in [2.75, 3.05) is 18.4 Å². The van der Waals surface area contributed by atoms with Crippen LogP contribution in [0.4, 0.5) is 10.1 Å². The second-order valence-corrected chi connectivity index (χ2v) is 4.03. The molecule has 0 radical (unpaired) electrons. The van der Waals surface area contributed by atoms with Crippen molar-refractivity contribution in [3.63, 3.8) is 0 Å². The van der Waals surface area contributed by atoms with Crippen LogP contribution >= 0.6 is 0 Å². The van der Waals surface area contributed by atoms with E-state index in [1.807, 2.05) is 0 Å². The van der Waals surface area contributed by atoms with Crippen molar-refractivity contribution >= 4 is 17.5 Å². The van der Waals surface area contributed by atoms with Crippen molar-refractivity contribution < 1.29 is 14.0 Å². The molecule has 96 valence electrons. The molecule has 1 aliphatic rings. The second-order valence-electron chi connectivity index (χ2n) is 4.03. The van der Waals surface area contributed by atoms with Gasteiger partial charge in [-0.3, -0.25) is 9.59 Å². The van der Waals surface area contributed by atoms with Crippen molar-refractivity contribution in [2.24, 2.45) is 0 Å². The molecule has 0 aromatic heterocycles. The lowest BCUT2D eigenvalue weighted by Crippen LogP contribution is -2.53. The van der Waals surface area contributed by atoms with E-state index in [-0.39, 0.29) is 18.0 Å². The molecule has 1 heterocycles. The molecule has 0 bridgehead atoms. The Hall–Kier alpha value is -1.95. The lowest BCUT2D eigenvalue weighted by molar-refractivity contribution is -0.127. The Morgan fingerprint density at radius 2 is 2.17 bits per heavy atom. The van der Waals surface area contributed by atoms with Gasteiger partial charge < -0.3 is 16.0 Å². The van der Waals surface area contributed by atoms with Crippen molar-refractivity contribution in [3.05, 3.63) is 30.1 Å². The Balaban J connectivity index is 1.92. The van der Waals surface area contributed by atoms with E-state index in [0.29, 0.717) is 13.1 Å². The van der Waals surface area contributed by atoms with Gasteiger partial charge in [-0.25, -0.2) is 4.39 Å². The van der Waals surface area contributed by atoms with Crippen molar-refractivity contribution in [1.29, 1.82) is 0 Å². The average molecular weight is 251 g/mol. The van der Waals surface area contributed by atoms with Crippen LogP contribution in [0, 0.1) is 5.82 Å². The standard InChI is InChI=1S/C12H14FN3O2/c13-8-3-1-2-4-9(8)16-11(17)7-10-12(18)15-6-5-14-10/h1-4,10,14H,5-7H2,(H,15,18)(H,16,17)/t10-/m0/s1. The predicted molar refractivity (Wildman–Crippen MR) is 64.4 cm³/mol. The molecule has 0 unspecified atom stereocenters. The maximum Gasteiger partial charge on any atom is 0.237 e. The second kappa shape index (κ2) is 5.59. The lowest BCUT2D eigenvalue weighted by Gasteiger charge is -2.22. The summed E-state index contributed by atoms with van der Waals surface area (Å²) in [6.07, 6.45) is -0.0137. The Morgan fingerprint density at radius 3 is 2.89 bits per heavy atom. The highest BCUT2D eigenvalue weighted by molar-refractivity contribution is 5.95. The quantitative estimate of drug-likeness (QED) is 0.721. The number of hydrogen-bond donors (Lipinski definition) is 3. The van der Waals surface area contributed by atoms with Gasteiger partial charge in [0, 0.05) is 13.1 Å². The summed E-state index contributed by atoms with van der Waals surface area (Å²) in [6, 6.07) is 5.36. The summed E-state index contributed by atoms with van der Waals surface area (Å²) in [5, 5.41) is 8.03. The normalized spacial score (nSPS) is 19.2. The van der Waals surface area contributed by atoms with Gasteiger partial charge in [-0.05, 0) is 12.1 Å². The summed E-state index contributed by atoms with van der Waals surface area (Å²) >= 11 is 0. The average Bonchev–Trinajstić information content (AvgIpc) is 2.35. The molecule has 1 saturated heterocycles. The summed E-state index contributed by atoms with van der Waals surface area (Å²) in [7, 11) is 0. The van der Waals surface area contributed by atoms with E-state index in [9.17, 15) is 14.0 Å². The van der Waals surface area contributed by atoms with Gasteiger partial charge in [0.15, 0.2) is 0 Å². The molecule has 1 aliphatic heterocycles. The number of carbonyl (C=O) groups is 2. The Morgan fingerprint density at radius 1 is 1.39 bits per heavy atom. The fraction of sp³-hybridized carbons (Fsp3) is 0.333. The minimum absolute atomic E-state index is 0.0137. The molecule has 0 saturated carbocycles. The van der Waals surface area contributed by atoms with Gasteiger partial charge >= 0.3 is 0 Å². The number of para-hydroxylation sites is 1. The summed E-state index contributed by atoms with van der Waals surface area (Å²) < 4.78 is 13.3. The van der Waals surface area contributed by atoms with Crippen LogP contribution in [-0.4, -0.2) is 30.9 Å². The van der Waals surface area contributed by atoms with Crippen LogP contribution in [0.1, 0.15) is 6.42 Å².